The second kappa shape index (κ2) is 8.39. The minimum absolute atomic E-state index is 0. The molecule has 0 atom stereocenters. The molecule has 3 nitrogen and oxygen atoms in total. The van der Waals surface area contributed by atoms with Gasteiger partial charge in [0.15, 0.2) is 0 Å². The molecule has 1 saturated carbocycles. The zero-order valence-corrected chi connectivity index (χ0v) is 15.6. The molecule has 0 unspecified atom stereocenters. The summed E-state index contributed by atoms with van der Waals surface area (Å²) in [5.41, 5.74) is 10.1. The number of aryl methyl sites for hydroxylation is 2. The van der Waals surface area contributed by atoms with E-state index in [4.69, 9.17) is 5.73 Å². The highest BCUT2D eigenvalue weighted by Gasteiger charge is 2.36. The Morgan fingerprint density at radius 3 is 2.52 bits per heavy atom. The van der Waals surface area contributed by atoms with Gasteiger partial charge in [-0.1, -0.05) is 60.9 Å². The monoisotopic (exact) mass is 358 g/mol. The number of hydrogen-bond acceptors (Lipinski definition) is 2. The van der Waals surface area contributed by atoms with Crippen molar-refractivity contribution in [1.82, 2.24) is 5.32 Å². The average molecular weight is 359 g/mol. The molecule has 134 valence electrons. The van der Waals surface area contributed by atoms with Gasteiger partial charge in [0.2, 0.25) is 5.91 Å². The van der Waals surface area contributed by atoms with E-state index in [1.807, 2.05) is 24.3 Å². The van der Waals surface area contributed by atoms with Crippen molar-refractivity contribution in [3.63, 3.8) is 0 Å². The molecule has 1 aliphatic rings. The summed E-state index contributed by atoms with van der Waals surface area (Å²) < 4.78 is 0. The maximum Gasteiger partial charge on any atom is 0.221 e. The fourth-order valence-electron chi connectivity index (χ4n) is 3.75. The molecule has 0 saturated heterocycles. The van der Waals surface area contributed by atoms with Crippen molar-refractivity contribution in [1.29, 1.82) is 0 Å². The lowest BCUT2D eigenvalue weighted by molar-refractivity contribution is -0.123. The van der Waals surface area contributed by atoms with Crippen molar-refractivity contribution in [3.05, 3.63) is 65.2 Å². The highest BCUT2D eigenvalue weighted by Crippen LogP contribution is 2.39. The summed E-state index contributed by atoms with van der Waals surface area (Å²) in [5, 5.41) is 3.35. The lowest BCUT2D eigenvalue weighted by Crippen LogP contribution is -2.43. The molecule has 0 aromatic heterocycles. The third kappa shape index (κ3) is 4.55. The number of halogens is 1. The molecule has 1 amide bonds. The Morgan fingerprint density at radius 1 is 1.12 bits per heavy atom. The fraction of sp³-hybridized carbons (Fsp3) is 0.381. The van der Waals surface area contributed by atoms with Crippen molar-refractivity contribution >= 4 is 24.0 Å². The van der Waals surface area contributed by atoms with E-state index in [0.29, 0.717) is 12.8 Å². The van der Waals surface area contributed by atoms with Gasteiger partial charge in [-0.15, -0.1) is 12.4 Å². The van der Waals surface area contributed by atoms with Gasteiger partial charge in [-0.3, -0.25) is 4.79 Å². The Morgan fingerprint density at radius 2 is 1.84 bits per heavy atom. The van der Waals surface area contributed by atoms with E-state index in [0.717, 1.165) is 24.1 Å². The van der Waals surface area contributed by atoms with Gasteiger partial charge in [0.1, 0.15) is 0 Å². The highest BCUT2D eigenvalue weighted by atomic mass is 35.5. The number of carbonyl (C=O) groups excluding carboxylic acids is 1. The first kappa shape index (κ1) is 19.3. The van der Waals surface area contributed by atoms with Crippen LogP contribution in [0.4, 0.5) is 5.69 Å². The standard InChI is InChI=1S/C21H26N2O.ClH/c1-16-7-6-9-18(15-16)21(13-4-5-14-21)23-20(24)12-11-17-8-2-3-10-19(17)22;/h2-3,6-10,15H,4-5,11-14,22H2,1H3,(H,23,24);1H. The third-order valence-electron chi connectivity index (χ3n) is 5.08. The molecule has 3 rings (SSSR count). The normalized spacial score (nSPS) is 15.4. The summed E-state index contributed by atoms with van der Waals surface area (Å²) in [6.07, 6.45) is 5.54. The Kier molecular flexibility index (Phi) is 6.49. The topological polar surface area (TPSA) is 55.1 Å². The van der Waals surface area contributed by atoms with Gasteiger partial charge >= 0.3 is 0 Å². The molecular weight excluding hydrogens is 332 g/mol. The van der Waals surface area contributed by atoms with Crippen LogP contribution in [-0.2, 0) is 16.8 Å². The summed E-state index contributed by atoms with van der Waals surface area (Å²) in [4.78, 5) is 12.6. The van der Waals surface area contributed by atoms with E-state index in [-0.39, 0.29) is 23.9 Å². The first-order chi connectivity index (χ1) is 11.6. The molecule has 0 spiro atoms. The van der Waals surface area contributed by atoms with Gasteiger partial charge in [0, 0.05) is 12.1 Å². The van der Waals surface area contributed by atoms with Gasteiger partial charge in [-0.05, 0) is 43.4 Å². The van der Waals surface area contributed by atoms with E-state index in [2.05, 4.69) is 36.5 Å². The van der Waals surface area contributed by atoms with Crippen LogP contribution in [0.25, 0.3) is 0 Å². The molecule has 0 bridgehead atoms. The summed E-state index contributed by atoms with van der Waals surface area (Å²) in [6, 6.07) is 16.3. The van der Waals surface area contributed by atoms with Crippen molar-refractivity contribution in [2.45, 2.75) is 51.0 Å². The Bertz CT molecular complexity index is 723. The van der Waals surface area contributed by atoms with Gasteiger partial charge < -0.3 is 11.1 Å². The third-order valence-corrected chi connectivity index (χ3v) is 5.08. The summed E-state index contributed by atoms with van der Waals surface area (Å²) >= 11 is 0. The molecular formula is C21H27ClN2O. The van der Waals surface area contributed by atoms with Crippen LogP contribution in [0, 0.1) is 6.92 Å². The Balaban J connectivity index is 0.00000225. The van der Waals surface area contributed by atoms with E-state index < -0.39 is 0 Å². The average Bonchev–Trinajstić information content (AvgIpc) is 3.04. The molecule has 2 aromatic rings. The minimum atomic E-state index is -0.189. The van der Waals surface area contributed by atoms with Crippen LogP contribution in [-0.4, -0.2) is 5.91 Å². The number of nitrogens with one attached hydrogen (secondary N) is 1. The van der Waals surface area contributed by atoms with Gasteiger partial charge in [-0.25, -0.2) is 0 Å². The first-order valence-corrected chi connectivity index (χ1v) is 8.81. The summed E-state index contributed by atoms with van der Waals surface area (Å²) in [5.74, 6) is 0.113. The van der Waals surface area contributed by atoms with Crippen LogP contribution in [0.1, 0.15) is 48.8 Å². The number of benzene rings is 2. The zero-order chi connectivity index (χ0) is 17.0. The second-order valence-corrected chi connectivity index (χ2v) is 6.91. The molecule has 0 aliphatic heterocycles. The molecule has 0 radical (unpaired) electrons. The summed E-state index contributed by atoms with van der Waals surface area (Å²) in [7, 11) is 0. The predicted octanol–water partition coefficient (Wildman–Crippen LogP) is 4.52. The number of nitrogen functional groups attached to an aromatic ring is 1. The number of hydrogen-bond donors (Lipinski definition) is 2. The molecule has 0 heterocycles. The largest absolute Gasteiger partial charge is 0.399 e. The molecule has 3 N–H and O–H groups in total. The number of amides is 1. The quantitative estimate of drug-likeness (QED) is 0.772. The number of para-hydroxylation sites is 1. The predicted molar refractivity (Wildman–Crippen MR) is 106 cm³/mol. The van der Waals surface area contributed by atoms with Crippen molar-refractivity contribution in [2.75, 3.05) is 5.73 Å². The van der Waals surface area contributed by atoms with Crippen LogP contribution in [0.15, 0.2) is 48.5 Å². The van der Waals surface area contributed by atoms with Crippen molar-refractivity contribution < 1.29 is 4.79 Å². The Labute approximate surface area is 156 Å². The number of carbonyl (C=O) groups is 1. The molecule has 25 heavy (non-hydrogen) atoms. The van der Waals surface area contributed by atoms with Gasteiger partial charge in [0.05, 0.1) is 5.54 Å². The van der Waals surface area contributed by atoms with Gasteiger partial charge in [0.25, 0.3) is 0 Å². The Hall–Kier alpha value is -2.00. The molecule has 4 heteroatoms. The zero-order valence-electron chi connectivity index (χ0n) is 14.8. The number of nitrogens with two attached hydrogens (primary N) is 1. The lowest BCUT2D eigenvalue weighted by Gasteiger charge is -2.31. The van der Waals surface area contributed by atoms with Crippen molar-refractivity contribution in [3.8, 4) is 0 Å². The molecule has 2 aromatic carbocycles. The van der Waals surface area contributed by atoms with Gasteiger partial charge in [-0.2, -0.15) is 0 Å². The lowest BCUT2D eigenvalue weighted by atomic mass is 9.87. The van der Waals surface area contributed by atoms with E-state index >= 15 is 0 Å². The maximum absolute atomic E-state index is 12.6. The minimum Gasteiger partial charge on any atom is -0.399 e. The number of rotatable bonds is 5. The van der Waals surface area contributed by atoms with Crippen molar-refractivity contribution in [2.24, 2.45) is 0 Å². The maximum atomic E-state index is 12.6. The molecule has 1 aliphatic carbocycles. The van der Waals surface area contributed by atoms with Crippen LogP contribution in [0.2, 0.25) is 0 Å². The molecule has 1 fully saturated rings. The smallest absolute Gasteiger partial charge is 0.221 e. The number of anilines is 1. The van der Waals surface area contributed by atoms with E-state index in [9.17, 15) is 4.79 Å². The van der Waals surface area contributed by atoms with Crippen LogP contribution >= 0.6 is 12.4 Å². The fourth-order valence-corrected chi connectivity index (χ4v) is 3.75. The van der Waals surface area contributed by atoms with E-state index in [1.54, 1.807) is 0 Å². The van der Waals surface area contributed by atoms with Crippen LogP contribution < -0.4 is 11.1 Å². The second-order valence-electron chi connectivity index (χ2n) is 6.91. The van der Waals surface area contributed by atoms with Crippen LogP contribution in [0.3, 0.4) is 0 Å². The SMILES string of the molecule is Cc1cccc(C2(NC(=O)CCc3ccccc3N)CCCC2)c1.Cl. The highest BCUT2D eigenvalue weighted by molar-refractivity contribution is 5.85. The van der Waals surface area contributed by atoms with E-state index in [1.165, 1.54) is 24.0 Å². The summed E-state index contributed by atoms with van der Waals surface area (Å²) in [6.45, 7) is 2.10. The van der Waals surface area contributed by atoms with Crippen LogP contribution in [0.5, 0.6) is 0 Å². The first-order valence-electron chi connectivity index (χ1n) is 8.81.